The highest BCUT2D eigenvalue weighted by molar-refractivity contribution is 7.12. The number of Topliss-reactive ketones (excluding diaryl/α,β-unsaturated/α-hetero) is 2. The van der Waals surface area contributed by atoms with Crippen molar-refractivity contribution in [2.24, 2.45) is 11.8 Å². The summed E-state index contributed by atoms with van der Waals surface area (Å²) < 4.78 is 37.0. The van der Waals surface area contributed by atoms with Crippen molar-refractivity contribution in [1.82, 2.24) is 0 Å². The van der Waals surface area contributed by atoms with Gasteiger partial charge in [-0.15, -0.1) is 11.3 Å². The van der Waals surface area contributed by atoms with E-state index in [0.29, 0.717) is 25.7 Å². The molecule has 0 N–H and O–H groups in total. The van der Waals surface area contributed by atoms with Crippen LogP contribution in [0.2, 0.25) is 0 Å². The van der Waals surface area contributed by atoms with Gasteiger partial charge in [-0.2, -0.15) is 13.2 Å². The van der Waals surface area contributed by atoms with Crippen molar-refractivity contribution in [2.75, 3.05) is 0 Å². The average molecular weight is 330 g/mol. The van der Waals surface area contributed by atoms with Gasteiger partial charge in [0, 0.05) is 28.5 Å². The molecule has 0 spiro atoms. The van der Waals surface area contributed by atoms with E-state index in [-0.39, 0.29) is 17.6 Å². The minimum atomic E-state index is -4.73. The molecule has 0 bridgehead atoms. The number of rotatable bonds is 5. The van der Waals surface area contributed by atoms with E-state index >= 15 is 0 Å². The van der Waals surface area contributed by atoms with Crippen LogP contribution in [-0.4, -0.2) is 17.7 Å². The fraction of sp³-hybridized carbons (Fsp3) is 0.625. The molecule has 1 heterocycles. The van der Waals surface area contributed by atoms with Crippen LogP contribution >= 0.6 is 11.3 Å². The molecule has 0 unspecified atom stereocenters. The van der Waals surface area contributed by atoms with Crippen molar-refractivity contribution >= 4 is 22.9 Å². The van der Waals surface area contributed by atoms with Crippen molar-refractivity contribution in [1.29, 1.82) is 0 Å². The van der Waals surface area contributed by atoms with Crippen LogP contribution in [-0.2, 0) is 28.9 Å². The lowest BCUT2D eigenvalue weighted by atomic mass is 9.85. The molecule has 22 heavy (non-hydrogen) atoms. The Morgan fingerprint density at radius 2 is 1.95 bits per heavy atom. The number of thiophene rings is 1. The van der Waals surface area contributed by atoms with E-state index in [1.165, 1.54) is 4.88 Å². The van der Waals surface area contributed by atoms with Crippen molar-refractivity contribution in [2.45, 2.75) is 51.1 Å². The zero-order valence-electron chi connectivity index (χ0n) is 12.0. The first-order valence-corrected chi connectivity index (χ1v) is 8.37. The molecule has 1 aromatic heterocycles. The summed E-state index contributed by atoms with van der Waals surface area (Å²) in [6, 6.07) is 1.96. The van der Waals surface area contributed by atoms with Crippen LogP contribution in [0.3, 0.4) is 0 Å². The molecule has 1 fully saturated rings. The summed E-state index contributed by atoms with van der Waals surface area (Å²) in [6.45, 7) is 0. The van der Waals surface area contributed by atoms with Gasteiger partial charge in [-0.25, -0.2) is 0 Å². The summed E-state index contributed by atoms with van der Waals surface area (Å²) in [5.74, 6) is -1.35. The SMILES string of the molecule is O=C(Cc1cc2c(s1)CC[C@H](CC(=O)C(F)(F)F)C2)C1CC1. The summed E-state index contributed by atoms with van der Waals surface area (Å²) in [7, 11) is 0. The predicted molar refractivity (Wildman–Crippen MR) is 76.9 cm³/mol. The normalized spacial score (nSPS) is 21.5. The Morgan fingerprint density at radius 3 is 2.59 bits per heavy atom. The van der Waals surface area contributed by atoms with Crippen LogP contribution in [0.5, 0.6) is 0 Å². The number of fused-ring (bicyclic) bond motifs is 1. The summed E-state index contributed by atoms with van der Waals surface area (Å²) in [5.41, 5.74) is 1.04. The topological polar surface area (TPSA) is 34.1 Å². The van der Waals surface area contributed by atoms with E-state index in [9.17, 15) is 22.8 Å². The second-order valence-electron chi connectivity index (χ2n) is 6.31. The summed E-state index contributed by atoms with van der Waals surface area (Å²) in [4.78, 5) is 25.1. The number of ketones is 2. The monoisotopic (exact) mass is 330 g/mol. The lowest BCUT2D eigenvalue weighted by molar-refractivity contribution is -0.172. The molecule has 0 amide bonds. The molecule has 2 nitrogen and oxygen atoms in total. The third kappa shape index (κ3) is 3.59. The van der Waals surface area contributed by atoms with Crippen LogP contribution in [0.15, 0.2) is 6.07 Å². The number of aryl methyl sites for hydroxylation is 1. The van der Waals surface area contributed by atoms with Crippen LogP contribution in [0.4, 0.5) is 13.2 Å². The maximum Gasteiger partial charge on any atom is 0.449 e. The third-order valence-electron chi connectivity index (χ3n) is 4.41. The largest absolute Gasteiger partial charge is 0.449 e. The number of hydrogen-bond acceptors (Lipinski definition) is 3. The van der Waals surface area contributed by atoms with Gasteiger partial charge in [0.25, 0.3) is 0 Å². The van der Waals surface area contributed by atoms with Crippen LogP contribution in [0.1, 0.15) is 41.0 Å². The Morgan fingerprint density at radius 1 is 1.23 bits per heavy atom. The fourth-order valence-electron chi connectivity index (χ4n) is 3.02. The molecule has 0 saturated heterocycles. The number of carbonyl (C=O) groups excluding carboxylic acids is 2. The number of carbonyl (C=O) groups is 2. The molecule has 1 aromatic rings. The van der Waals surface area contributed by atoms with Crippen LogP contribution in [0.25, 0.3) is 0 Å². The molecular formula is C16H17F3O2S. The number of alkyl halides is 3. The predicted octanol–water partition coefficient (Wildman–Crippen LogP) is 3.90. The highest BCUT2D eigenvalue weighted by atomic mass is 32.1. The zero-order valence-corrected chi connectivity index (χ0v) is 12.9. The molecule has 120 valence electrons. The van der Waals surface area contributed by atoms with Gasteiger partial charge >= 0.3 is 6.18 Å². The van der Waals surface area contributed by atoms with Crippen molar-refractivity contribution in [3.63, 3.8) is 0 Å². The Labute approximate surface area is 130 Å². The van der Waals surface area contributed by atoms with Crippen LogP contribution in [0, 0.1) is 11.8 Å². The molecular weight excluding hydrogens is 313 g/mol. The van der Waals surface area contributed by atoms with Gasteiger partial charge in [-0.1, -0.05) is 0 Å². The molecule has 0 aromatic carbocycles. The third-order valence-corrected chi connectivity index (χ3v) is 5.64. The van der Waals surface area contributed by atoms with E-state index in [2.05, 4.69) is 0 Å². The molecule has 2 aliphatic carbocycles. The zero-order chi connectivity index (χ0) is 15.9. The molecule has 6 heteroatoms. The van der Waals surface area contributed by atoms with Gasteiger partial charge in [0.05, 0.1) is 0 Å². The van der Waals surface area contributed by atoms with Gasteiger partial charge in [0.2, 0.25) is 5.78 Å². The van der Waals surface area contributed by atoms with E-state index in [4.69, 9.17) is 0 Å². The first-order valence-electron chi connectivity index (χ1n) is 7.56. The van der Waals surface area contributed by atoms with Gasteiger partial charge in [-0.3, -0.25) is 9.59 Å². The van der Waals surface area contributed by atoms with E-state index in [1.807, 2.05) is 6.07 Å². The maximum atomic E-state index is 12.3. The minimum absolute atomic E-state index is 0.233. The number of hydrogen-bond donors (Lipinski definition) is 0. The Balaban J connectivity index is 1.61. The Hall–Kier alpha value is -1.17. The van der Waals surface area contributed by atoms with Crippen molar-refractivity contribution in [3.8, 4) is 0 Å². The smallest absolute Gasteiger partial charge is 0.299 e. The standard InChI is InChI=1S/C16H17F3O2S/c17-16(18,19)15(21)6-9-1-4-14-11(5-9)7-12(22-14)8-13(20)10-2-3-10/h7,9-10H,1-6,8H2/t9-/m0/s1. The lowest BCUT2D eigenvalue weighted by Crippen LogP contribution is -2.27. The van der Waals surface area contributed by atoms with Gasteiger partial charge in [-0.05, 0) is 49.7 Å². The average Bonchev–Trinajstić information content (AvgIpc) is 3.19. The minimum Gasteiger partial charge on any atom is -0.299 e. The van der Waals surface area contributed by atoms with Gasteiger partial charge < -0.3 is 0 Å². The molecule has 1 atom stereocenters. The highest BCUT2D eigenvalue weighted by Crippen LogP contribution is 2.37. The number of halogens is 3. The van der Waals surface area contributed by atoms with E-state index in [0.717, 1.165) is 23.3 Å². The first kappa shape index (κ1) is 15.7. The summed E-state index contributed by atoms with van der Waals surface area (Å²) in [5, 5.41) is 0. The Kier molecular flexibility index (Phi) is 4.14. The quantitative estimate of drug-likeness (QED) is 0.821. The van der Waals surface area contributed by atoms with Crippen LogP contribution < -0.4 is 0 Å². The van der Waals surface area contributed by atoms with E-state index < -0.39 is 18.4 Å². The van der Waals surface area contributed by atoms with Gasteiger partial charge in [0.1, 0.15) is 5.78 Å². The van der Waals surface area contributed by atoms with Crippen molar-refractivity contribution in [3.05, 3.63) is 21.4 Å². The molecule has 1 saturated carbocycles. The van der Waals surface area contributed by atoms with E-state index in [1.54, 1.807) is 11.3 Å². The summed E-state index contributed by atoms with van der Waals surface area (Å²) >= 11 is 1.61. The lowest BCUT2D eigenvalue weighted by Gasteiger charge is -2.21. The second kappa shape index (κ2) is 5.80. The molecule has 0 aliphatic heterocycles. The molecule has 3 rings (SSSR count). The highest BCUT2D eigenvalue weighted by Gasteiger charge is 2.39. The summed E-state index contributed by atoms with van der Waals surface area (Å²) in [6.07, 6.45) is -0.860. The van der Waals surface area contributed by atoms with Gasteiger partial charge in [0.15, 0.2) is 0 Å². The fourth-order valence-corrected chi connectivity index (χ4v) is 4.25. The second-order valence-corrected chi connectivity index (χ2v) is 7.53. The Bertz CT molecular complexity index is 599. The molecule has 0 radical (unpaired) electrons. The molecule has 2 aliphatic rings. The maximum absolute atomic E-state index is 12.3. The first-order chi connectivity index (χ1) is 10.3. The van der Waals surface area contributed by atoms with Crippen molar-refractivity contribution < 1.29 is 22.8 Å².